The zero-order valence-electron chi connectivity index (χ0n) is 10.9. The Balaban J connectivity index is 2.00. The van der Waals surface area contributed by atoms with E-state index < -0.39 is 0 Å². The van der Waals surface area contributed by atoms with E-state index in [9.17, 15) is 0 Å². The topological polar surface area (TPSA) is 30.1 Å². The number of rotatable bonds is 4. The van der Waals surface area contributed by atoms with Gasteiger partial charge < -0.3 is 14.3 Å². The SMILES string of the molecule is Cc1cc(C(C)NCc2cccn2C)c(C)o1. The Morgan fingerprint density at radius 1 is 1.41 bits per heavy atom. The average molecular weight is 232 g/mol. The van der Waals surface area contributed by atoms with Gasteiger partial charge in [0.2, 0.25) is 0 Å². The first-order valence-electron chi connectivity index (χ1n) is 5.98. The van der Waals surface area contributed by atoms with E-state index in [0.29, 0.717) is 6.04 Å². The molecule has 0 aliphatic rings. The van der Waals surface area contributed by atoms with E-state index in [0.717, 1.165) is 18.1 Å². The molecule has 1 unspecified atom stereocenters. The smallest absolute Gasteiger partial charge is 0.105 e. The van der Waals surface area contributed by atoms with Gasteiger partial charge in [0.15, 0.2) is 0 Å². The molecule has 17 heavy (non-hydrogen) atoms. The van der Waals surface area contributed by atoms with Gasteiger partial charge in [-0.05, 0) is 39.0 Å². The minimum Gasteiger partial charge on any atom is -0.466 e. The van der Waals surface area contributed by atoms with Crippen LogP contribution in [0.4, 0.5) is 0 Å². The molecule has 0 saturated carbocycles. The fraction of sp³-hybridized carbons (Fsp3) is 0.429. The predicted octanol–water partition coefficient (Wildman–Crippen LogP) is 3.09. The monoisotopic (exact) mass is 232 g/mol. The lowest BCUT2D eigenvalue weighted by molar-refractivity contribution is 0.488. The molecule has 0 fully saturated rings. The molecule has 0 amide bonds. The molecule has 2 aromatic rings. The molecule has 3 heteroatoms. The van der Waals surface area contributed by atoms with Gasteiger partial charge in [-0.25, -0.2) is 0 Å². The van der Waals surface area contributed by atoms with Gasteiger partial charge in [0.1, 0.15) is 11.5 Å². The molecular weight excluding hydrogens is 212 g/mol. The molecule has 2 rings (SSSR count). The van der Waals surface area contributed by atoms with E-state index in [1.165, 1.54) is 11.3 Å². The van der Waals surface area contributed by atoms with Crippen LogP contribution >= 0.6 is 0 Å². The number of hydrogen-bond donors (Lipinski definition) is 1. The molecular formula is C14H20N2O. The van der Waals surface area contributed by atoms with Crippen molar-refractivity contribution in [2.24, 2.45) is 7.05 Å². The minimum atomic E-state index is 0.308. The van der Waals surface area contributed by atoms with Gasteiger partial charge in [-0.15, -0.1) is 0 Å². The maximum atomic E-state index is 5.55. The van der Waals surface area contributed by atoms with Crippen LogP contribution in [-0.4, -0.2) is 4.57 Å². The lowest BCUT2D eigenvalue weighted by Crippen LogP contribution is -2.19. The fourth-order valence-electron chi connectivity index (χ4n) is 2.13. The molecule has 0 radical (unpaired) electrons. The summed E-state index contributed by atoms with van der Waals surface area (Å²) >= 11 is 0. The summed E-state index contributed by atoms with van der Waals surface area (Å²) in [7, 11) is 2.06. The van der Waals surface area contributed by atoms with Gasteiger partial charge in [-0.3, -0.25) is 0 Å². The van der Waals surface area contributed by atoms with Crippen LogP contribution in [0.1, 0.15) is 35.7 Å². The number of aromatic nitrogens is 1. The van der Waals surface area contributed by atoms with E-state index in [2.05, 4.69) is 48.3 Å². The van der Waals surface area contributed by atoms with Crippen molar-refractivity contribution in [2.75, 3.05) is 0 Å². The van der Waals surface area contributed by atoms with Crippen LogP contribution in [0.3, 0.4) is 0 Å². The van der Waals surface area contributed by atoms with Gasteiger partial charge in [0.05, 0.1) is 0 Å². The number of hydrogen-bond acceptors (Lipinski definition) is 2. The molecule has 0 bridgehead atoms. The Morgan fingerprint density at radius 3 is 2.71 bits per heavy atom. The van der Waals surface area contributed by atoms with Crippen molar-refractivity contribution in [2.45, 2.75) is 33.4 Å². The standard InChI is InChI=1S/C14H20N2O/c1-10-8-14(12(3)17-10)11(2)15-9-13-6-5-7-16(13)4/h5-8,11,15H,9H2,1-4H3. The molecule has 0 aliphatic carbocycles. The van der Waals surface area contributed by atoms with Crippen LogP contribution in [0, 0.1) is 13.8 Å². The summed E-state index contributed by atoms with van der Waals surface area (Å²) in [4.78, 5) is 0. The Bertz CT molecular complexity index is 496. The van der Waals surface area contributed by atoms with Crippen LogP contribution in [-0.2, 0) is 13.6 Å². The summed E-state index contributed by atoms with van der Waals surface area (Å²) in [6, 6.07) is 6.61. The van der Waals surface area contributed by atoms with Gasteiger partial charge in [-0.1, -0.05) is 0 Å². The number of nitrogens with one attached hydrogen (secondary N) is 1. The van der Waals surface area contributed by atoms with Crippen molar-refractivity contribution in [3.8, 4) is 0 Å². The van der Waals surface area contributed by atoms with E-state index in [-0.39, 0.29) is 0 Å². The van der Waals surface area contributed by atoms with Gasteiger partial charge in [0.25, 0.3) is 0 Å². The molecule has 0 spiro atoms. The number of furan rings is 1. The third-order valence-corrected chi connectivity index (χ3v) is 3.19. The van der Waals surface area contributed by atoms with Crippen LogP contribution in [0.15, 0.2) is 28.8 Å². The summed E-state index contributed by atoms with van der Waals surface area (Å²) in [5.41, 5.74) is 2.53. The highest BCUT2D eigenvalue weighted by Crippen LogP contribution is 2.21. The first-order valence-corrected chi connectivity index (χ1v) is 5.98. The molecule has 1 N–H and O–H groups in total. The third-order valence-electron chi connectivity index (χ3n) is 3.19. The van der Waals surface area contributed by atoms with Crippen molar-refractivity contribution in [1.29, 1.82) is 0 Å². The number of aryl methyl sites for hydroxylation is 3. The summed E-state index contributed by atoms with van der Waals surface area (Å²) in [5, 5.41) is 3.52. The zero-order valence-corrected chi connectivity index (χ0v) is 10.9. The van der Waals surface area contributed by atoms with Crippen LogP contribution in [0.25, 0.3) is 0 Å². The average Bonchev–Trinajstić information content (AvgIpc) is 2.81. The lowest BCUT2D eigenvalue weighted by Gasteiger charge is -2.13. The fourth-order valence-corrected chi connectivity index (χ4v) is 2.13. The molecule has 1 atom stereocenters. The summed E-state index contributed by atoms with van der Waals surface area (Å²) in [6.45, 7) is 7.04. The third kappa shape index (κ3) is 2.61. The molecule has 0 saturated heterocycles. The Kier molecular flexibility index (Phi) is 3.38. The largest absolute Gasteiger partial charge is 0.466 e. The Morgan fingerprint density at radius 2 is 2.18 bits per heavy atom. The van der Waals surface area contributed by atoms with Gasteiger partial charge in [-0.2, -0.15) is 0 Å². The van der Waals surface area contributed by atoms with Crippen molar-refractivity contribution in [1.82, 2.24) is 9.88 Å². The maximum Gasteiger partial charge on any atom is 0.105 e. The quantitative estimate of drug-likeness (QED) is 0.878. The highest BCUT2D eigenvalue weighted by atomic mass is 16.3. The molecule has 3 nitrogen and oxygen atoms in total. The van der Waals surface area contributed by atoms with Crippen LogP contribution in [0.2, 0.25) is 0 Å². The molecule has 2 heterocycles. The van der Waals surface area contributed by atoms with Crippen LogP contribution in [0.5, 0.6) is 0 Å². The van der Waals surface area contributed by atoms with Crippen molar-refractivity contribution in [3.63, 3.8) is 0 Å². The van der Waals surface area contributed by atoms with Crippen LogP contribution < -0.4 is 5.32 Å². The van der Waals surface area contributed by atoms with Crippen molar-refractivity contribution < 1.29 is 4.42 Å². The predicted molar refractivity (Wildman–Crippen MR) is 68.8 cm³/mol. The molecule has 0 aromatic carbocycles. The van der Waals surface area contributed by atoms with E-state index in [4.69, 9.17) is 4.42 Å². The van der Waals surface area contributed by atoms with E-state index in [1.807, 2.05) is 13.8 Å². The Labute approximate surface area is 102 Å². The normalized spacial score (nSPS) is 12.9. The second-order valence-corrected chi connectivity index (χ2v) is 4.58. The zero-order chi connectivity index (χ0) is 12.4. The van der Waals surface area contributed by atoms with Crippen molar-refractivity contribution >= 4 is 0 Å². The number of nitrogens with zero attached hydrogens (tertiary/aromatic N) is 1. The highest BCUT2D eigenvalue weighted by Gasteiger charge is 2.12. The van der Waals surface area contributed by atoms with Crippen molar-refractivity contribution in [3.05, 3.63) is 47.2 Å². The summed E-state index contributed by atoms with van der Waals surface area (Å²) in [5.74, 6) is 1.99. The maximum absolute atomic E-state index is 5.55. The Hall–Kier alpha value is -1.48. The van der Waals surface area contributed by atoms with E-state index in [1.54, 1.807) is 0 Å². The van der Waals surface area contributed by atoms with Gasteiger partial charge >= 0.3 is 0 Å². The minimum absolute atomic E-state index is 0.308. The molecule has 0 aliphatic heterocycles. The lowest BCUT2D eigenvalue weighted by atomic mass is 10.1. The summed E-state index contributed by atoms with van der Waals surface area (Å²) in [6.07, 6.45) is 2.06. The first kappa shape index (κ1) is 12.0. The first-order chi connectivity index (χ1) is 8.08. The highest BCUT2D eigenvalue weighted by molar-refractivity contribution is 5.23. The summed E-state index contributed by atoms with van der Waals surface area (Å²) < 4.78 is 7.68. The van der Waals surface area contributed by atoms with Gasteiger partial charge in [0, 0.05) is 37.1 Å². The second kappa shape index (κ2) is 4.80. The van der Waals surface area contributed by atoms with E-state index >= 15 is 0 Å². The molecule has 92 valence electrons. The second-order valence-electron chi connectivity index (χ2n) is 4.58. The molecule has 2 aromatic heterocycles.